The largest absolute Gasteiger partial charge is 0.418 e. The fourth-order valence-corrected chi connectivity index (χ4v) is 4.63. The number of carbonyl (C=O) groups is 1. The second-order valence-corrected chi connectivity index (χ2v) is 9.48. The minimum Gasteiger partial charge on any atom is -0.368 e. The third-order valence-corrected chi connectivity index (χ3v) is 6.71. The Balaban J connectivity index is 1.68. The lowest BCUT2D eigenvalue weighted by Gasteiger charge is -2.39. The summed E-state index contributed by atoms with van der Waals surface area (Å²) in [5.41, 5.74) is -1.11. The van der Waals surface area contributed by atoms with Crippen LogP contribution in [0.1, 0.15) is 31.7 Å². The second-order valence-electron chi connectivity index (χ2n) is 7.92. The van der Waals surface area contributed by atoms with Crippen LogP contribution in [0.25, 0.3) is 0 Å². The smallest absolute Gasteiger partial charge is 0.368 e. The van der Waals surface area contributed by atoms with Gasteiger partial charge in [0.05, 0.1) is 17.0 Å². The highest BCUT2D eigenvalue weighted by Gasteiger charge is 2.37. The number of likely N-dealkylation sites (tertiary alicyclic amines) is 1. The standard InChI is InChI=1S/C19H27F3N4O3S/c1-14-4-2-3-7-26(14)18(27)13-24-8-10-25(11-9-24)17-6-5-15(30(23,28)29)12-16(17)19(20,21)22/h5-6,12,14H,2-4,7-11,13H2,1H3,(H2,23,28,29). The molecular weight excluding hydrogens is 421 g/mol. The normalized spacial score (nSPS) is 21.7. The molecule has 7 nitrogen and oxygen atoms in total. The third-order valence-electron chi connectivity index (χ3n) is 5.80. The number of benzene rings is 1. The molecule has 168 valence electrons. The van der Waals surface area contributed by atoms with Gasteiger partial charge in [-0.05, 0) is 44.4 Å². The molecule has 2 fully saturated rings. The van der Waals surface area contributed by atoms with Crippen LogP contribution in [0.4, 0.5) is 18.9 Å². The number of alkyl halides is 3. The van der Waals surface area contributed by atoms with Gasteiger partial charge >= 0.3 is 6.18 Å². The molecule has 2 N–H and O–H groups in total. The number of anilines is 1. The number of amides is 1. The first-order valence-electron chi connectivity index (χ1n) is 9.97. The molecule has 2 heterocycles. The Labute approximate surface area is 174 Å². The molecule has 1 unspecified atom stereocenters. The number of sulfonamides is 1. The second kappa shape index (κ2) is 8.72. The van der Waals surface area contributed by atoms with Crippen molar-refractivity contribution in [3.63, 3.8) is 0 Å². The molecule has 0 spiro atoms. The van der Waals surface area contributed by atoms with Crippen molar-refractivity contribution in [1.82, 2.24) is 9.80 Å². The Morgan fingerprint density at radius 2 is 1.80 bits per heavy atom. The number of carbonyl (C=O) groups excluding carboxylic acids is 1. The first-order valence-corrected chi connectivity index (χ1v) is 11.5. The Morgan fingerprint density at radius 3 is 2.37 bits per heavy atom. The highest BCUT2D eigenvalue weighted by atomic mass is 32.2. The molecule has 0 saturated carbocycles. The van der Waals surface area contributed by atoms with E-state index in [4.69, 9.17) is 5.14 Å². The monoisotopic (exact) mass is 448 g/mol. The van der Waals surface area contributed by atoms with Gasteiger partial charge in [-0.2, -0.15) is 13.2 Å². The van der Waals surface area contributed by atoms with Crippen LogP contribution >= 0.6 is 0 Å². The maximum atomic E-state index is 13.5. The summed E-state index contributed by atoms with van der Waals surface area (Å²) in [5.74, 6) is 0.0594. The number of hydrogen-bond acceptors (Lipinski definition) is 5. The van der Waals surface area contributed by atoms with Gasteiger partial charge in [-0.1, -0.05) is 0 Å². The maximum Gasteiger partial charge on any atom is 0.418 e. The minimum absolute atomic E-state index is 0.0594. The zero-order valence-corrected chi connectivity index (χ0v) is 17.7. The summed E-state index contributed by atoms with van der Waals surface area (Å²) in [6.07, 6.45) is -1.60. The van der Waals surface area contributed by atoms with Crippen LogP contribution in [0, 0.1) is 0 Å². The van der Waals surface area contributed by atoms with Crippen molar-refractivity contribution in [1.29, 1.82) is 0 Å². The van der Waals surface area contributed by atoms with Crippen molar-refractivity contribution in [3.05, 3.63) is 23.8 Å². The van der Waals surface area contributed by atoms with Crippen molar-refractivity contribution in [2.45, 2.75) is 43.3 Å². The number of primary sulfonamides is 1. The van der Waals surface area contributed by atoms with Crippen LogP contribution in [0.5, 0.6) is 0 Å². The number of halogens is 3. The number of hydrogen-bond donors (Lipinski definition) is 1. The molecule has 2 aliphatic rings. The van der Waals surface area contributed by atoms with E-state index < -0.39 is 26.7 Å². The van der Waals surface area contributed by atoms with Crippen LogP contribution in [0.15, 0.2) is 23.1 Å². The molecule has 2 aliphatic heterocycles. The number of nitrogens with two attached hydrogens (primary N) is 1. The van der Waals surface area contributed by atoms with Crippen LogP contribution in [-0.4, -0.2) is 69.4 Å². The van der Waals surface area contributed by atoms with Crippen molar-refractivity contribution < 1.29 is 26.4 Å². The minimum atomic E-state index is -4.71. The van der Waals surface area contributed by atoms with Gasteiger partial charge in [-0.25, -0.2) is 13.6 Å². The molecule has 3 rings (SSSR count). The summed E-state index contributed by atoms with van der Waals surface area (Å²) in [5, 5.41) is 4.98. The van der Waals surface area contributed by atoms with Crippen molar-refractivity contribution in [2.75, 3.05) is 44.2 Å². The Kier molecular flexibility index (Phi) is 6.63. The molecule has 0 bridgehead atoms. The number of piperazine rings is 1. The van der Waals surface area contributed by atoms with Crippen LogP contribution in [0.2, 0.25) is 0 Å². The van der Waals surface area contributed by atoms with Gasteiger partial charge in [-0.15, -0.1) is 0 Å². The average molecular weight is 449 g/mol. The summed E-state index contributed by atoms with van der Waals surface area (Å²) in [6.45, 7) is 4.56. The molecule has 1 atom stereocenters. The average Bonchev–Trinajstić information content (AvgIpc) is 2.67. The van der Waals surface area contributed by atoms with E-state index >= 15 is 0 Å². The molecule has 1 amide bonds. The molecule has 0 aromatic heterocycles. The zero-order chi connectivity index (χ0) is 22.1. The fraction of sp³-hybridized carbons (Fsp3) is 0.632. The Hall–Kier alpha value is -1.85. The van der Waals surface area contributed by atoms with Gasteiger partial charge in [-0.3, -0.25) is 9.69 Å². The summed E-state index contributed by atoms with van der Waals surface area (Å²) in [7, 11) is -4.24. The van der Waals surface area contributed by atoms with Gasteiger partial charge < -0.3 is 9.80 Å². The lowest BCUT2D eigenvalue weighted by atomic mass is 10.0. The van der Waals surface area contributed by atoms with E-state index in [1.165, 1.54) is 0 Å². The van der Waals surface area contributed by atoms with E-state index in [1.807, 2.05) is 16.7 Å². The van der Waals surface area contributed by atoms with E-state index in [0.29, 0.717) is 32.2 Å². The summed E-state index contributed by atoms with van der Waals surface area (Å²) in [6, 6.07) is 3.05. The predicted octanol–water partition coefficient (Wildman–Crippen LogP) is 1.88. The summed E-state index contributed by atoms with van der Waals surface area (Å²) < 4.78 is 63.5. The predicted molar refractivity (Wildman–Crippen MR) is 106 cm³/mol. The highest BCUT2D eigenvalue weighted by molar-refractivity contribution is 7.89. The molecule has 11 heteroatoms. The topological polar surface area (TPSA) is 86.9 Å². The van der Waals surface area contributed by atoms with Crippen molar-refractivity contribution in [2.24, 2.45) is 5.14 Å². The fourth-order valence-electron chi connectivity index (χ4n) is 4.09. The molecule has 0 aliphatic carbocycles. The van der Waals surface area contributed by atoms with Crippen LogP contribution in [-0.2, 0) is 21.0 Å². The molecule has 2 saturated heterocycles. The van der Waals surface area contributed by atoms with E-state index in [0.717, 1.165) is 37.9 Å². The van der Waals surface area contributed by atoms with Crippen molar-refractivity contribution in [3.8, 4) is 0 Å². The first-order chi connectivity index (χ1) is 14.0. The number of rotatable bonds is 4. The lowest BCUT2D eigenvalue weighted by Crippen LogP contribution is -2.52. The van der Waals surface area contributed by atoms with Gasteiger partial charge in [0.2, 0.25) is 15.9 Å². The molecule has 1 aromatic rings. The van der Waals surface area contributed by atoms with E-state index in [9.17, 15) is 26.4 Å². The van der Waals surface area contributed by atoms with Gasteiger partial charge in [0.15, 0.2) is 0 Å². The summed E-state index contributed by atoms with van der Waals surface area (Å²) >= 11 is 0. The first kappa shape index (κ1) is 22.8. The highest BCUT2D eigenvalue weighted by Crippen LogP contribution is 2.38. The number of piperidine rings is 1. The lowest BCUT2D eigenvalue weighted by molar-refractivity contribution is -0.137. The van der Waals surface area contributed by atoms with Crippen LogP contribution in [0.3, 0.4) is 0 Å². The Morgan fingerprint density at radius 1 is 1.13 bits per heavy atom. The van der Waals surface area contributed by atoms with Gasteiger partial charge in [0.25, 0.3) is 0 Å². The van der Waals surface area contributed by atoms with Crippen LogP contribution < -0.4 is 10.0 Å². The number of nitrogens with zero attached hydrogens (tertiary/aromatic N) is 3. The van der Waals surface area contributed by atoms with E-state index in [2.05, 4.69) is 0 Å². The maximum absolute atomic E-state index is 13.5. The Bertz CT molecular complexity index is 884. The third kappa shape index (κ3) is 5.25. The van der Waals surface area contributed by atoms with E-state index in [1.54, 1.807) is 4.90 Å². The molecule has 1 aromatic carbocycles. The quantitative estimate of drug-likeness (QED) is 0.760. The molecular formula is C19H27F3N4O3S. The molecule has 30 heavy (non-hydrogen) atoms. The SMILES string of the molecule is CC1CCCCN1C(=O)CN1CCN(c2ccc(S(N)(=O)=O)cc2C(F)(F)F)CC1. The van der Waals surface area contributed by atoms with E-state index in [-0.39, 0.29) is 24.2 Å². The molecule has 0 radical (unpaired) electrons. The van der Waals surface area contributed by atoms with Gasteiger partial charge in [0.1, 0.15) is 0 Å². The van der Waals surface area contributed by atoms with Gasteiger partial charge in [0, 0.05) is 44.5 Å². The summed E-state index contributed by atoms with van der Waals surface area (Å²) in [4.78, 5) is 17.4. The zero-order valence-electron chi connectivity index (χ0n) is 16.9. The van der Waals surface area contributed by atoms with Crippen molar-refractivity contribution >= 4 is 21.6 Å².